The number of rotatable bonds is 0. The van der Waals surface area contributed by atoms with Gasteiger partial charge >= 0.3 is 9.78 Å². The van der Waals surface area contributed by atoms with Crippen molar-refractivity contribution < 1.29 is 17.9 Å². The maximum atomic E-state index is 12.0. The van der Waals surface area contributed by atoms with E-state index in [1.54, 1.807) is 0 Å². The highest BCUT2D eigenvalue weighted by Crippen LogP contribution is 2.47. The molecular formula is C3H2F3IO. The van der Waals surface area contributed by atoms with Gasteiger partial charge in [-0.05, 0) is 0 Å². The molecule has 0 radical (unpaired) electrons. The summed E-state index contributed by atoms with van der Waals surface area (Å²) in [5.74, 6) is -3.28. The first-order valence-corrected chi connectivity index (χ1v) is 2.93. The molecule has 1 nitrogen and oxygen atoms in total. The molecule has 0 spiro atoms. The Balaban J connectivity index is 2.63. The highest BCUT2D eigenvalue weighted by atomic mass is 127. The standard InChI is InChI=1S/C3H2F3IO/c4-2(5)1-8-3(2,6)7/h1H2. The van der Waals surface area contributed by atoms with Crippen LogP contribution >= 0.6 is 22.6 Å². The fraction of sp³-hybridized carbons (Fsp3) is 1.00. The molecule has 1 unspecified atom stereocenters. The van der Waals surface area contributed by atoms with Gasteiger partial charge in [0.1, 0.15) is 6.61 Å². The molecule has 8 heavy (non-hydrogen) atoms. The molecule has 1 saturated heterocycles. The van der Waals surface area contributed by atoms with Gasteiger partial charge < -0.3 is 4.74 Å². The number of ether oxygens (including phenoxy) is 1. The number of alkyl halides is 4. The van der Waals surface area contributed by atoms with Gasteiger partial charge in [0.05, 0.1) is 0 Å². The van der Waals surface area contributed by atoms with Crippen LogP contribution < -0.4 is 0 Å². The van der Waals surface area contributed by atoms with Gasteiger partial charge in [-0.3, -0.25) is 0 Å². The molecule has 0 aliphatic carbocycles. The van der Waals surface area contributed by atoms with Gasteiger partial charge in [0.25, 0.3) is 0 Å². The van der Waals surface area contributed by atoms with Crippen molar-refractivity contribution >= 4 is 22.6 Å². The third-order valence-corrected chi connectivity index (χ3v) is 1.96. The molecule has 0 bridgehead atoms. The minimum absolute atomic E-state index is 0.799. The number of halogens is 4. The van der Waals surface area contributed by atoms with Crippen LogP contribution in [0, 0.1) is 0 Å². The second-order valence-corrected chi connectivity index (χ2v) is 2.90. The van der Waals surface area contributed by atoms with Crippen molar-refractivity contribution in [3.8, 4) is 0 Å². The lowest BCUT2D eigenvalue weighted by atomic mass is 10.3. The predicted octanol–water partition coefficient (Wildman–Crippen LogP) is 1.71. The van der Waals surface area contributed by atoms with Crippen LogP contribution in [-0.2, 0) is 4.74 Å². The molecule has 1 rings (SSSR count). The van der Waals surface area contributed by atoms with Crippen LogP contribution in [0.4, 0.5) is 13.2 Å². The highest BCUT2D eigenvalue weighted by Gasteiger charge is 2.64. The van der Waals surface area contributed by atoms with E-state index in [0.29, 0.717) is 0 Å². The van der Waals surface area contributed by atoms with Crippen molar-refractivity contribution in [1.82, 2.24) is 0 Å². The van der Waals surface area contributed by atoms with Crippen molar-refractivity contribution in [3.63, 3.8) is 0 Å². The van der Waals surface area contributed by atoms with Crippen LogP contribution in [-0.4, -0.2) is 16.4 Å². The van der Waals surface area contributed by atoms with E-state index < -0.39 is 16.4 Å². The lowest BCUT2D eigenvalue weighted by Gasteiger charge is -2.37. The summed E-state index contributed by atoms with van der Waals surface area (Å²) in [5, 5.41) is 0. The summed E-state index contributed by atoms with van der Waals surface area (Å²) < 4.78 is 36.8. The molecule has 0 aromatic carbocycles. The largest absolute Gasteiger partial charge is 0.337 e. The van der Waals surface area contributed by atoms with E-state index in [1.807, 2.05) is 0 Å². The normalized spacial score (nSPS) is 43.5. The Morgan fingerprint density at radius 1 is 1.38 bits per heavy atom. The van der Waals surface area contributed by atoms with E-state index in [-0.39, 0.29) is 0 Å². The van der Waals surface area contributed by atoms with E-state index in [0.717, 1.165) is 22.6 Å². The van der Waals surface area contributed by atoms with Crippen molar-refractivity contribution in [2.24, 2.45) is 0 Å². The van der Waals surface area contributed by atoms with E-state index >= 15 is 0 Å². The van der Waals surface area contributed by atoms with Crippen molar-refractivity contribution in [2.45, 2.75) is 9.78 Å². The van der Waals surface area contributed by atoms with Crippen LogP contribution in [0.5, 0.6) is 0 Å². The van der Waals surface area contributed by atoms with Crippen LogP contribution in [0.15, 0.2) is 0 Å². The molecule has 0 aromatic heterocycles. The zero-order valence-electron chi connectivity index (χ0n) is 3.63. The molecule has 0 N–H and O–H groups in total. The Hall–Kier alpha value is 0.480. The fourth-order valence-electron chi connectivity index (χ4n) is 0.290. The van der Waals surface area contributed by atoms with Crippen LogP contribution in [0.1, 0.15) is 0 Å². The quantitative estimate of drug-likeness (QED) is 0.461. The predicted molar refractivity (Wildman–Crippen MR) is 28.8 cm³/mol. The zero-order valence-corrected chi connectivity index (χ0v) is 5.78. The number of hydrogen-bond acceptors (Lipinski definition) is 1. The maximum absolute atomic E-state index is 12.0. The third-order valence-electron chi connectivity index (χ3n) is 0.861. The Kier molecular flexibility index (Phi) is 1.24. The average Bonchev–Trinajstić information content (AvgIpc) is 1.64. The van der Waals surface area contributed by atoms with Crippen LogP contribution in [0.25, 0.3) is 0 Å². The zero-order chi connectivity index (χ0) is 6.41. The summed E-state index contributed by atoms with van der Waals surface area (Å²) in [6, 6.07) is 0. The molecule has 1 aliphatic rings. The minimum Gasteiger partial charge on any atom is -0.327 e. The Morgan fingerprint density at radius 2 is 1.75 bits per heavy atom. The van der Waals surface area contributed by atoms with Gasteiger partial charge in [-0.2, -0.15) is 13.2 Å². The summed E-state index contributed by atoms with van der Waals surface area (Å²) in [6.45, 7) is -0.799. The van der Waals surface area contributed by atoms with Crippen molar-refractivity contribution in [2.75, 3.05) is 6.61 Å². The van der Waals surface area contributed by atoms with E-state index in [2.05, 4.69) is 4.74 Å². The summed E-state index contributed by atoms with van der Waals surface area (Å²) in [7, 11) is 0. The third kappa shape index (κ3) is 0.717. The second-order valence-electron chi connectivity index (χ2n) is 1.51. The second kappa shape index (κ2) is 1.50. The first-order chi connectivity index (χ1) is 3.46. The van der Waals surface area contributed by atoms with Crippen LogP contribution in [0.3, 0.4) is 0 Å². The molecule has 1 fully saturated rings. The monoisotopic (exact) mass is 238 g/mol. The lowest BCUT2D eigenvalue weighted by Crippen LogP contribution is -2.56. The lowest BCUT2D eigenvalue weighted by molar-refractivity contribution is -0.323. The van der Waals surface area contributed by atoms with E-state index in [4.69, 9.17) is 0 Å². The minimum atomic E-state index is -3.28. The van der Waals surface area contributed by atoms with E-state index in [9.17, 15) is 13.2 Å². The van der Waals surface area contributed by atoms with Crippen molar-refractivity contribution in [3.05, 3.63) is 0 Å². The molecular weight excluding hydrogens is 236 g/mol. The summed E-state index contributed by atoms with van der Waals surface area (Å²) >= 11 is 0.931. The Labute approximate surface area is 57.3 Å². The summed E-state index contributed by atoms with van der Waals surface area (Å²) in [4.78, 5) is 0. The van der Waals surface area contributed by atoms with Gasteiger partial charge in [-0.25, -0.2) is 0 Å². The highest BCUT2D eigenvalue weighted by molar-refractivity contribution is 14.1. The molecule has 1 atom stereocenters. The molecule has 1 heterocycles. The topological polar surface area (TPSA) is 9.23 Å². The van der Waals surface area contributed by atoms with Gasteiger partial charge in [0.15, 0.2) is 0 Å². The van der Waals surface area contributed by atoms with Gasteiger partial charge in [0.2, 0.25) is 0 Å². The van der Waals surface area contributed by atoms with Gasteiger partial charge in [-0.15, -0.1) is 0 Å². The maximum Gasteiger partial charge on any atom is 0.337 e. The Morgan fingerprint density at radius 3 is 1.75 bits per heavy atom. The first-order valence-electron chi connectivity index (χ1n) is 1.85. The van der Waals surface area contributed by atoms with Gasteiger partial charge in [0, 0.05) is 22.6 Å². The Bertz CT molecular complexity index is 99.1. The summed E-state index contributed by atoms with van der Waals surface area (Å²) in [6.07, 6.45) is 0. The smallest absolute Gasteiger partial charge is 0.327 e. The molecule has 0 saturated carbocycles. The first kappa shape index (κ1) is 6.60. The van der Waals surface area contributed by atoms with Gasteiger partial charge in [-0.1, -0.05) is 0 Å². The number of hydrogen-bond donors (Lipinski definition) is 0. The van der Waals surface area contributed by atoms with Crippen molar-refractivity contribution in [1.29, 1.82) is 0 Å². The molecule has 48 valence electrons. The fourth-order valence-corrected chi connectivity index (χ4v) is 0.602. The average molecular weight is 238 g/mol. The molecule has 0 amide bonds. The molecule has 0 aromatic rings. The molecule has 1 aliphatic heterocycles. The summed E-state index contributed by atoms with van der Waals surface area (Å²) in [5.41, 5.74) is 0. The van der Waals surface area contributed by atoms with E-state index in [1.165, 1.54) is 0 Å². The molecule has 5 heteroatoms. The SMILES string of the molecule is FC1(F)COC1(F)I. The van der Waals surface area contributed by atoms with Crippen LogP contribution in [0.2, 0.25) is 0 Å².